The van der Waals surface area contributed by atoms with Crippen LogP contribution in [0.2, 0.25) is 0 Å². The first-order valence-corrected chi connectivity index (χ1v) is 4.15. The Labute approximate surface area is 67.0 Å². The van der Waals surface area contributed by atoms with Crippen LogP contribution in [-0.4, -0.2) is 41.9 Å². The highest BCUT2D eigenvalue weighted by Gasteiger charge is 2.35. The number of likely N-dealkylation sites (tertiary alicyclic amines) is 1. The summed E-state index contributed by atoms with van der Waals surface area (Å²) < 4.78 is 12.0. The molecule has 0 bridgehead atoms. The zero-order valence-electron chi connectivity index (χ0n) is 7.02. The molecule has 0 aromatic rings. The van der Waals surface area contributed by atoms with Crippen molar-refractivity contribution in [1.82, 2.24) is 4.90 Å². The van der Waals surface area contributed by atoms with Crippen molar-refractivity contribution in [2.45, 2.75) is 25.3 Å². The molecule has 11 heavy (non-hydrogen) atoms. The number of halogens is 1. The standard InChI is InChI=1S/C8H16FNO/c1-8(7-11)3-2-5-10(8)6-4-9/h11H,2-7H2,1H3/t8-/m1/s1. The Balaban J connectivity index is 2.49. The topological polar surface area (TPSA) is 23.5 Å². The van der Waals surface area contributed by atoms with Gasteiger partial charge in [-0.25, -0.2) is 4.39 Å². The predicted octanol–water partition coefficient (Wildman–Crippen LogP) is 0.803. The van der Waals surface area contributed by atoms with Crippen molar-refractivity contribution in [2.75, 3.05) is 26.4 Å². The number of nitrogens with zero attached hydrogens (tertiary/aromatic N) is 1. The van der Waals surface area contributed by atoms with Crippen molar-refractivity contribution in [1.29, 1.82) is 0 Å². The van der Waals surface area contributed by atoms with Gasteiger partial charge in [-0.2, -0.15) is 0 Å². The van der Waals surface area contributed by atoms with E-state index < -0.39 is 0 Å². The molecule has 1 rings (SSSR count). The summed E-state index contributed by atoms with van der Waals surface area (Å²) in [6, 6.07) is 0. The van der Waals surface area contributed by atoms with E-state index in [1.54, 1.807) is 0 Å². The lowest BCUT2D eigenvalue weighted by molar-refractivity contribution is 0.0743. The summed E-state index contributed by atoms with van der Waals surface area (Å²) in [5.74, 6) is 0. The predicted molar refractivity (Wildman–Crippen MR) is 42.3 cm³/mol. The van der Waals surface area contributed by atoms with E-state index in [0.717, 1.165) is 19.4 Å². The van der Waals surface area contributed by atoms with Gasteiger partial charge >= 0.3 is 0 Å². The van der Waals surface area contributed by atoms with E-state index in [9.17, 15) is 4.39 Å². The van der Waals surface area contributed by atoms with Crippen molar-refractivity contribution >= 4 is 0 Å². The van der Waals surface area contributed by atoms with Crippen LogP contribution in [0.25, 0.3) is 0 Å². The molecule has 0 spiro atoms. The Bertz CT molecular complexity index is 131. The van der Waals surface area contributed by atoms with Crippen LogP contribution in [-0.2, 0) is 0 Å². The van der Waals surface area contributed by atoms with Crippen LogP contribution in [0.15, 0.2) is 0 Å². The molecule has 2 nitrogen and oxygen atoms in total. The maximum atomic E-state index is 12.0. The number of aliphatic hydroxyl groups excluding tert-OH is 1. The number of aliphatic hydroxyl groups is 1. The Kier molecular flexibility index (Phi) is 2.84. The van der Waals surface area contributed by atoms with Crippen LogP contribution in [0, 0.1) is 0 Å². The first-order chi connectivity index (χ1) is 5.23. The molecule has 3 heteroatoms. The van der Waals surface area contributed by atoms with Crippen molar-refractivity contribution < 1.29 is 9.50 Å². The fourth-order valence-corrected chi connectivity index (χ4v) is 1.74. The molecule has 1 aliphatic rings. The van der Waals surface area contributed by atoms with E-state index >= 15 is 0 Å². The van der Waals surface area contributed by atoms with Gasteiger partial charge in [0.15, 0.2) is 0 Å². The van der Waals surface area contributed by atoms with Crippen molar-refractivity contribution in [3.8, 4) is 0 Å². The molecule has 0 aromatic heterocycles. The minimum absolute atomic E-state index is 0.146. The average molecular weight is 161 g/mol. The lowest BCUT2D eigenvalue weighted by Gasteiger charge is -2.32. The zero-order chi connectivity index (χ0) is 8.32. The largest absolute Gasteiger partial charge is 0.394 e. The lowest BCUT2D eigenvalue weighted by Crippen LogP contribution is -2.45. The van der Waals surface area contributed by atoms with Gasteiger partial charge < -0.3 is 5.11 Å². The molecule has 0 unspecified atom stereocenters. The van der Waals surface area contributed by atoms with Gasteiger partial charge in [0.05, 0.1) is 6.61 Å². The molecule has 1 heterocycles. The van der Waals surface area contributed by atoms with Gasteiger partial charge in [0.2, 0.25) is 0 Å². The number of rotatable bonds is 3. The third kappa shape index (κ3) is 1.71. The van der Waals surface area contributed by atoms with E-state index in [4.69, 9.17) is 5.11 Å². The summed E-state index contributed by atoms with van der Waals surface area (Å²) in [7, 11) is 0. The highest BCUT2D eigenvalue weighted by atomic mass is 19.1. The molecule has 1 atom stereocenters. The third-order valence-electron chi connectivity index (χ3n) is 2.60. The maximum absolute atomic E-state index is 12.0. The molecule has 1 N–H and O–H groups in total. The monoisotopic (exact) mass is 161 g/mol. The minimum atomic E-state index is -0.310. The smallest absolute Gasteiger partial charge is 0.102 e. The fourth-order valence-electron chi connectivity index (χ4n) is 1.74. The van der Waals surface area contributed by atoms with Gasteiger partial charge in [-0.05, 0) is 26.3 Å². The first kappa shape index (κ1) is 8.94. The Morgan fingerprint density at radius 3 is 2.91 bits per heavy atom. The van der Waals surface area contributed by atoms with Gasteiger partial charge in [0, 0.05) is 12.1 Å². The SMILES string of the molecule is C[C@]1(CO)CCCN1CCF. The minimum Gasteiger partial charge on any atom is -0.394 e. The molecule has 66 valence electrons. The van der Waals surface area contributed by atoms with Crippen molar-refractivity contribution in [3.63, 3.8) is 0 Å². The normalized spacial score (nSPS) is 33.0. The van der Waals surface area contributed by atoms with E-state index in [-0.39, 0.29) is 18.8 Å². The first-order valence-electron chi connectivity index (χ1n) is 4.15. The molecular formula is C8H16FNO. The Morgan fingerprint density at radius 2 is 2.36 bits per heavy atom. The molecule has 0 aromatic carbocycles. The Hall–Kier alpha value is -0.150. The molecule has 1 fully saturated rings. The molecule has 1 saturated heterocycles. The summed E-state index contributed by atoms with van der Waals surface area (Å²) in [6.07, 6.45) is 2.07. The summed E-state index contributed by atoms with van der Waals surface area (Å²) >= 11 is 0. The molecule has 0 aliphatic carbocycles. The van der Waals surface area contributed by atoms with E-state index in [1.807, 2.05) is 11.8 Å². The second-order valence-corrected chi connectivity index (χ2v) is 3.43. The van der Waals surface area contributed by atoms with Gasteiger partial charge in [0.25, 0.3) is 0 Å². The van der Waals surface area contributed by atoms with Crippen LogP contribution < -0.4 is 0 Å². The zero-order valence-corrected chi connectivity index (χ0v) is 7.02. The van der Waals surface area contributed by atoms with Gasteiger partial charge in [-0.15, -0.1) is 0 Å². The van der Waals surface area contributed by atoms with Crippen LogP contribution >= 0.6 is 0 Å². The van der Waals surface area contributed by atoms with Crippen LogP contribution in [0.1, 0.15) is 19.8 Å². The summed E-state index contributed by atoms with van der Waals surface area (Å²) in [5.41, 5.74) is -0.147. The summed E-state index contributed by atoms with van der Waals surface area (Å²) in [5, 5.41) is 9.06. The molecular weight excluding hydrogens is 145 g/mol. The highest BCUT2D eigenvalue weighted by Crippen LogP contribution is 2.27. The van der Waals surface area contributed by atoms with E-state index in [0.29, 0.717) is 6.54 Å². The quantitative estimate of drug-likeness (QED) is 0.662. The van der Waals surface area contributed by atoms with Crippen molar-refractivity contribution in [3.05, 3.63) is 0 Å². The second kappa shape index (κ2) is 3.50. The Morgan fingerprint density at radius 1 is 1.64 bits per heavy atom. The molecule has 1 aliphatic heterocycles. The number of alkyl halides is 1. The van der Waals surface area contributed by atoms with Crippen LogP contribution in [0.5, 0.6) is 0 Å². The van der Waals surface area contributed by atoms with E-state index in [1.165, 1.54) is 0 Å². The summed E-state index contributed by atoms with van der Waals surface area (Å²) in [4.78, 5) is 2.03. The van der Waals surface area contributed by atoms with E-state index in [2.05, 4.69) is 0 Å². The van der Waals surface area contributed by atoms with Crippen LogP contribution in [0.4, 0.5) is 4.39 Å². The molecule has 0 amide bonds. The van der Waals surface area contributed by atoms with Gasteiger partial charge in [-0.1, -0.05) is 0 Å². The highest BCUT2D eigenvalue weighted by molar-refractivity contribution is 4.91. The second-order valence-electron chi connectivity index (χ2n) is 3.43. The van der Waals surface area contributed by atoms with Crippen molar-refractivity contribution in [2.24, 2.45) is 0 Å². The van der Waals surface area contributed by atoms with Crippen LogP contribution in [0.3, 0.4) is 0 Å². The molecule has 0 radical (unpaired) electrons. The fraction of sp³-hybridized carbons (Fsp3) is 1.00. The van der Waals surface area contributed by atoms with Gasteiger partial charge in [-0.3, -0.25) is 4.90 Å². The average Bonchev–Trinajstić information content (AvgIpc) is 2.35. The number of hydrogen-bond donors (Lipinski definition) is 1. The lowest BCUT2D eigenvalue weighted by atomic mass is 10.0. The third-order valence-corrected chi connectivity index (χ3v) is 2.60. The molecule has 0 saturated carbocycles. The number of hydrogen-bond acceptors (Lipinski definition) is 2. The maximum Gasteiger partial charge on any atom is 0.102 e. The summed E-state index contributed by atoms with van der Waals surface area (Å²) in [6.45, 7) is 3.23. The van der Waals surface area contributed by atoms with Gasteiger partial charge in [0.1, 0.15) is 6.67 Å².